The van der Waals surface area contributed by atoms with Gasteiger partial charge in [0, 0.05) is 47.6 Å². The van der Waals surface area contributed by atoms with E-state index in [1.54, 1.807) is 0 Å². The molecule has 2 fully saturated rings. The van der Waals surface area contributed by atoms with E-state index in [0.29, 0.717) is 44.5 Å². The zero-order valence-electron chi connectivity index (χ0n) is 14.8. The maximum absolute atomic E-state index is 12.9. The van der Waals surface area contributed by atoms with Gasteiger partial charge in [-0.3, -0.25) is 14.5 Å². The van der Waals surface area contributed by atoms with Crippen LogP contribution in [0.4, 0.5) is 0 Å². The van der Waals surface area contributed by atoms with Gasteiger partial charge in [0.25, 0.3) is 5.91 Å². The SMILES string of the molecule is Cc1c(C(=O)N2CCN(CC(=O)NC3CC3)CC2)oc2ccc(Br)cc12. The lowest BCUT2D eigenvalue weighted by molar-refractivity contribution is -0.122. The predicted molar refractivity (Wildman–Crippen MR) is 102 cm³/mol. The van der Waals surface area contributed by atoms with E-state index in [1.807, 2.05) is 30.0 Å². The van der Waals surface area contributed by atoms with Crippen LogP contribution in [0, 0.1) is 6.92 Å². The average Bonchev–Trinajstić information content (AvgIpc) is 3.38. The first-order valence-electron chi connectivity index (χ1n) is 9.01. The Balaban J connectivity index is 1.39. The van der Waals surface area contributed by atoms with Gasteiger partial charge in [-0.2, -0.15) is 0 Å². The second-order valence-electron chi connectivity index (χ2n) is 7.11. The molecule has 26 heavy (non-hydrogen) atoms. The van der Waals surface area contributed by atoms with Crippen LogP contribution in [0.3, 0.4) is 0 Å². The molecule has 1 aliphatic carbocycles. The van der Waals surface area contributed by atoms with Crippen LogP contribution in [0.1, 0.15) is 29.0 Å². The first kappa shape index (κ1) is 17.5. The van der Waals surface area contributed by atoms with Crippen molar-refractivity contribution in [2.24, 2.45) is 0 Å². The lowest BCUT2D eigenvalue weighted by atomic mass is 10.1. The van der Waals surface area contributed by atoms with E-state index in [0.717, 1.165) is 33.8 Å². The Labute approximate surface area is 160 Å². The van der Waals surface area contributed by atoms with Crippen LogP contribution in [-0.4, -0.2) is 60.4 Å². The van der Waals surface area contributed by atoms with Crippen molar-refractivity contribution >= 4 is 38.7 Å². The number of piperazine rings is 1. The van der Waals surface area contributed by atoms with Crippen molar-refractivity contribution in [2.45, 2.75) is 25.8 Å². The van der Waals surface area contributed by atoms with Gasteiger partial charge in [0.15, 0.2) is 5.76 Å². The molecule has 138 valence electrons. The van der Waals surface area contributed by atoms with E-state index in [-0.39, 0.29) is 11.8 Å². The fourth-order valence-corrected chi connectivity index (χ4v) is 3.71. The summed E-state index contributed by atoms with van der Waals surface area (Å²) >= 11 is 3.46. The minimum Gasteiger partial charge on any atom is -0.451 e. The van der Waals surface area contributed by atoms with Crippen molar-refractivity contribution in [3.8, 4) is 0 Å². The monoisotopic (exact) mass is 419 g/mol. The fourth-order valence-electron chi connectivity index (χ4n) is 3.35. The van der Waals surface area contributed by atoms with Crippen molar-refractivity contribution < 1.29 is 14.0 Å². The van der Waals surface area contributed by atoms with Gasteiger partial charge < -0.3 is 14.6 Å². The van der Waals surface area contributed by atoms with Gasteiger partial charge >= 0.3 is 0 Å². The van der Waals surface area contributed by atoms with Crippen LogP contribution in [0.2, 0.25) is 0 Å². The van der Waals surface area contributed by atoms with Crippen molar-refractivity contribution in [2.75, 3.05) is 32.7 Å². The van der Waals surface area contributed by atoms with Crippen molar-refractivity contribution in [3.05, 3.63) is 34.0 Å². The van der Waals surface area contributed by atoms with Gasteiger partial charge in [-0.25, -0.2) is 0 Å². The highest BCUT2D eigenvalue weighted by Crippen LogP contribution is 2.29. The normalized spacial score (nSPS) is 18.3. The number of carbonyl (C=O) groups excluding carboxylic acids is 2. The number of nitrogens with one attached hydrogen (secondary N) is 1. The molecule has 1 aromatic carbocycles. The highest BCUT2D eigenvalue weighted by molar-refractivity contribution is 9.10. The topological polar surface area (TPSA) is 65.8 Å². The van der Waals surface area contributed by atoms with Crippen LogP contribution in [0.5, 0.6) is 0 Å². The molecule has 6 nitrogen and oxygen atoms in total. The number of halogens is 1. The molecular weight excluding hydrogens is 398 g/mol. The van der Waals surface area contributed by atoms with Crippen LogP contribution in [-0.2, 0) is 4.79 Å². The van der Waals surface area contributed by atoms with Gasteiger partial charge in [-0.1, -0.05) is 15.9 Å². The second-order valence-corrected chi connectivity index (χ2v) is 8.02. The van der Waals surface area contributed by atoms with E-state index >= 15 is 0 Å². The molecule has 1 N–H and O–H groups in total. The minimum absolute atomic E-state index is 0.0723. The Morgan fingerprint density at radius 2 is 1.96 bits per heavy atom. The number of fused-ring (bicyclic) bond motifs is 1. The van der Waals surface area contributed by atoms with E-state index in [1.165, 1.54) is 0 Å². The van der Waals surface area contributed by atoms with Crippen LogP contribution in [0.25, 0.3) is 11.0 Å². The number of aryl methyl sites for hydroxylation is 1. The largest absolute Gasteiger partial charge is 0.451 e. The molecule has 0 bridgehead atoms. The molecule has 1 aromatic heterocycles. The zero-order chi connectivity index (χ0) is 18.3. The summed E-state index contributed by atoms with van der Waals surface area (Å²) in [5.74, 6) is 0.431. The molecule has 0 unspecified atom stereocenters. The minimum atomic E-state index is -0.0723. The average molecular weight is 420 g/mol. The molecule has 2 aliphatic rings. The molecule has 1 saturated heterocycles. The Morgan fingerprint density at radius 1 is 1.23 bits per heavy atom. The lowest BCUT2D eigenvalue weighted by Gasteiger charge is -2.34. The van der Waals surface area contributed by atoms with E-state index in [2.05, 4.69) is 26.1 Å². The van der Waals surface area contributed by atoms with E-state index < -0.39 is 0 Å². The number of amides is 2. The summed E-state index contributed by atoms with van der Waals surface area (Å²) in [5, 5.41) is 3.96. The molecule has 7 heteroatoms. The molecular formula is C19H22BrN3O3. The van der Waals surface area contributed by atoms with Crippen molar-refractivity contribution in [1.29, 1.82) is 0 Å². The van der Waals surface area contributed by atoms with Crippen molar-refractivity contribution in [3.63, 3.8) is 0 Å². The molecule has 2 amide bonds. The van der Waals surface area contributed by atoms with Gasteiger partial charge in [-0.15, -0.1) is 0 Å². The quantitative estimate of drug-likeness (QED) is 0.826. The number of furan rings is 1. The number of nitrogens with zero attached hydrogens (tertiary/aromatic N) is 2. The molecule has 4 rings (SSSR count). The summed E-state index contributed by atoms with van der Waals surface area (Å²) in [6.07, 6.45) is 2.20. The summed E-state index contributed by atoms with van der Waals surface area (Å²) in [5.41, 5.74) is 1.60. The van der Waals surface area contributed by atoms with Crippen LogP contribution < -0.4 is 5.32 Å². The number of hydrogen-bond acceptors (Lipinski definition) is 4. The third-order valence-electron chi connectivity index (χ3n) is 5.06. The smallest absolute Gasteiger partial charge is 0.289 e. The first-order valence-corrected chi connectivity index (χ1v) is 9.80. The molecule has 1 aliphatic heterocycles. The predicted octanol–water partition coefficient (Wildman–Crippen LogP) is 2.54. The third-order valence-corrected chi connectivity index (χ3v) is 5.55. The van der Waals surface area contributed by atoms with Crippen LogP contribution in [0.15, 0.2) is 27.1 Å². The Bertz CT molecular complexity index is 851. The highest BCUT2D eigenvalue weighted by atomic mass is 79.9. The summed E-state index contributed by atoms with van der Waals surface area (Å²) in [6.45, 7) is 4.95. The summed E-state index contributed by atoms with van der Waals surface area (Å²) in [4.78, 5) is 28.7. The third kappa shape index (κ3) is 3.64. The number of carbonyl (C=O) groups is 2. The fraction of sp³-hybridized carbons (Fsp3) is 0.474. The van der Waals surface area contributed by atoms with Crippen LogP contribution >= 0.6 is 15.9 Å². The Hall–Kier alpha value is -1.86. The second kappa shape index (κ2) is 7.04. The van der Waals surface area contributed by atoms with Gasteiger partial charge in [0.05, 0.1) is 6.54 Å². The van der Waals surface area contributed by atoms with E-state index in [4.69, 9.17) is 4.42 Å². The van der Waals surface area contributed by atoms with Gasteiger partial charge in [0.2, 0.25) is 5.91 Å². The van der Waals surface area contributed by atoms with Gasteiger partial charge in [0.1, 0.15) is 5.58 Å². The van der Waals surface area contributed by atoms with Crippen molar-refractivity contribution in [1.82, 2.24) is 15.1 Å². The summed E-state index contributed by atoms with van der Waals surface area (Å²) < 4.78 is 6.79. The highest BCUT2D eigenvalue weighted by Gasteiger charge is 2.28. The molecule has 1 saturated carbocycles. The maximum Gasteiger partial charge on any atom is 0.289 e. The standard InChI is InChI=1S/C19H22BrN3O3/c1-12-15-10-13(20)2-5-16(15)26-18(12)19(25)23-8-6-22(7-9-23)11-17(24)21-14-3-4-14/h2,5,10,14H,3-4,6-9,11H2,1H3,(H,21,24). The first-order chi connectivity index (χ1) is 12.5. The van der Waals surface area contributed by atoms with E-state index in [9.17, 15) is 9.59 Å². The summed E-state index contributed by atoms with van der Waals surface area (Å²) in [7, 11) is 0. The maximum atomic E-state index is 12.9. The zero-order valence-corrected chi connectivity index (χ0v) is 16.3. The number of rotatable bonds is 4. The number of benzene rings is 1. The summed E-state index contributed by atoms with van der Waals surface area (Å²) in [6, 6.07) is 6.15. The molecule has 0 radical (unpaired) electrons. The Kier molecular flexibility index (Phi) is 4.75. The lowest BCUT2D eigenvalue weighted by Crippen LogP contribution is -2.51. The molecule has 0 atom stereocenters. The number of hydrogen-bond donors (Lipinski definition) is 1. The molecule has 2 heterocycles. The molecule has 2 aromatic rings. The van der Waals surface area contributed by atoms with Gasteiger partial charge in [-0.05, 0) is 38.0 Å². The Morgan fingerprint density at radius 3 is 2.65 bits per heavy atom. The molecule has 0 spiro atoms.